The smallest absolute Gasteiger partial charge is 0.315 e. The Kier molecular flexibility index (Phi) is 5.36. The Balaban J connectivity index is 2.02. The Morgan fingerprint density at radius 3 is 2.58 bits per heavy atom. The lowest BCUT2D eigenvalue weighted by molar-refractivity contribution is -0.207. The summed E-state index contributed by atoms with van der Waals surface area (Å²) >= 11 is 5.98. The molecule has 1 aromatic carbocycles. The molecule has 1 aliphatic heterocycles. The number of hydrogen-bond donors (Lipinski definition) is 2. The fourth-order valence-electron chi connectivity index (χ4n) is 3.29. The number of nitrogens with two attached hydrogens (primary N) is 1. The Labute approximate surface area is 180 Å². The monoisotopic (exact) mass is 451 g/mol. The second-order valence-corrected chi connectivity index (χ2v) is 7.93. The van der Waals surface area contributed by atoms with E-state index in [0.29, 0.717) is 0 Å². The molecule has 1 aliphatic rings. The highest BCUT2D eigenvalue weighted by atomic mass is 35.5. The first-order valence-corrected chi connectivity index (χ1v) is 9.29. The van der Waals surface area contributed by atoms with Crippen LogP contribution < -0.4 is 11.1 Å². The summed E-state index contributed by atoms with van der Waals surface area (Å²) in [5.41, 5.74) is 0.568. The van der Waals surface area contributed by atoms with Gasteiger partial charge in [-0.3, -0.25) is 4.79 Å². The second-order valence-electron chi connectivity index (χ2n) is 7.52. The molecule has 3 N–H and O–H groups in total. The van der Waals surface area contributed by atoms with Crippen LogP contribution in [0.2, 0.25) is 5.02 Å². The lowest BCUT2D eigenvalue weighted by Crippen LogP contribution is -2.62. The molecule has 1 atom stereocenters. The quantitative estimate of drug-likeness (QED) is 0.733. The minimum atomic E-state index is -3.66. The molecule has 2 aromatic rings. The number of halogens is 4. The average Bonchev–Trinajstić information content (AvgIpc) is 2.67. The van der Waals surface area contributed by atoms with E-state index >= 15 is 8.78 Å². The summed E-state index contributed by atoms with van der Waals surface area (Å²) in [5.74, 6) is -5.41. The molecule has 0 bridgehead atoms. The second kappa shape index (κ2) is 7.42. The van der Waals surface area contributed by atoms with Crippen LogP contribution in [-0.4, -0.2) is 28.4 Å². The summed E-state index contributed by atoms with van der Waals surface area (Å²) < 4.78 is 50.2. The highest BCUT2D eigenvalue weighted by Gasteiger charge is 2.66. The number of aromatic nitrogens is 1. The number of benzene rings is 1. The normalized spacial score (nSPS) is 21.4. The molecule has 0 saturated heterocycles. The molecule has 7 nitrogen and oxygen atoms in total. The van der Waals surface area contributed by atoms with E-state index in [4.69, 9.17) is 27.3 Å². The van der Waals surface area contributed by atoms with Gasteiger partial charge in [0.05, 0.1) is 10.6 Å². The molecule has 1 aromatic heterocycles. The van der Waals surface area contributed by atoms with Crippen LogP contribution in [0.3, 0.4) is 0 Å². The van der Waals surface area contributed by atoms with E-state index in [-0.39, 0.29) is 22.0 Å². The SMILES string of the molecule is CC1(C)OC(N)=N[C@](C)(c2cc(NC(=O)c3ncc(C#N)cc3Cl)ccc2F)C1(F)F. The van der Waals surface area contributed by atoms with Gasteiger partial charge in [0.1, 0.15) is 17.6 Å². The topological polar surface area (TPSA) is 113 Å². The largest absolute Gasteiger partial charge is 0.453 e. The zero-order valence-corrected chi connectivity index (χ0v) is 17.4. The van der Waals surface area contributed by atoms with Crippen molar-refractivity contribution in [2.75, 3.05) is 5.32 Å². The summed E-state index contributed by atoms with van der Waals surface area (Å²) in [5, 5.41) is 11.2. The minimum Gasteiger partial charge on any atom is -0.453 e. The number of amides is 1. The first-order valence-electron chi connectivity index (χ1n) is 8.91. The van der Waals surface area contributed by atoms with Crippen molar-refractivity contribution in [2.24, 2.45) is 10.7 Å². The standard InChI is InChI=1S/C20H17ClF3N5O2/c1-18(2)20(23,24)19(3,29-17(26)31-18)12-7-11(4-5-14(12)22)28-16(30)15-13(21)6-10(8-25)9-27-15/h4-7,9H,1-3H3,(H2,26,29)(H,28,30)/t19-/m1/s1. The molecule has 162 valence electrons. The number of nitriles is 1. The number of alkyl halides is 2. The lowest BCUT2D eigenvalue weighted by atomic mass is 9.77. The number of carbonyl (C=O) groups excluding carboxylic acids is 1. The predicted octanol–water partition coefficient (Wildman–Crippen LogP) is 3.97. The van der Waals surface area contributed by atoms with E-state index in [0.717, 1.165) is 39.1 Å². The Hall–Kier alpha value is -3.32. The fourth-order valence-corrected chi connectivity index (χ4v) is 3.54. The number of hydrogen-bond acceptors (Lipinski definition) is 6. The van der Waals surface area contributed by atoms with Crippen LogP contribution >= 0.6 is 11.6 Å². The fraction of sp³-hybridized carbons (Fsp3) is 0.300. The van der Waals surface area contributed by atoms with Crippen LogP contribution in [0.15, 0.2) is 35.5 Å². The Morgan fingerprint density at radius 1 is 1.29 bits per heavy atom. The first kappa shape index (κ1) is 22.4. The molecule has 0 fully saturated rings. The maximum atomic E-state index is 15.3. The van der Waals surface area contributed by atoms with Crippen molar-refractivity contribution in [2.45, 2.75) is 37.8 Å². The molecule has 2 heterocycles. The number of nitrogens with zero attached hydrogens (tertiary/aromatic N) is 3. The number of rotatable bonds is 3. The third-order valence-electron chi connectivity index (χ3n) is 5.00. The van der Waals surface area contributed by atoms with Crippen molar-refractivity contribution < 1.29 is 22.7 Å². The van der Waals surface area contributed by atoms with Crippen LogP contribution in [0, 0.1) is 17.1 Å². The summed E-state index contributed by atoms with van der Waals surface area (Å²) in [6.45, 7) is 3.27. The summed E-state index contributed by atoms with van der Waals surface area (Å²) in [6.07, 6.45) is 1.15. The summed E-state index contributed by atoms with van der Waals surface area (Å²) in [6, 6.07) is 5.72. The number of anilines is 1. The molecular formula is C20H17ClF3N5O2. The van der Waals surface area contributed by atoms with Crippen molar-refractivity contribution >= 4 is 29.2 Å². The van der Waals surface area contributed by atoms with Crippen molar-refractivity contribution in [3.05, 3.63) is 58.1 Å². The Bertz CT molecular complexity index is 1150. The zero-order chi connectivity index (χ0) is 23.2. The van der Waals surface area contributed by atoms with E-state index in [9.17, 15) is 9.18 Å². The highest BCUT2D eigenvalue weighted by molar-refractivity contribution is 6.34. The molecule has 3 rings (SSSR count). The van der Waals surface area contributed by atoms with Gasteiger partial charge in [-0.2, -0.15) is 14.0 Å². The van der Waals surface area contributed by atoms with E-state index < -0.39 is 40.4 Å². The first-order chi connectivity index (χ1) is 14.3. The summed E-state index contributed by atoms with van der Waals surface area (Å²) in [4.78, 5) is 20.1. The third-order valence-corrected chi connectivity index (χ3v) is 5.28. The Morgan fingerprint density at radius 2 is 1.97 bits per heavy atom. The lowest BCUT2D eigenvalue weighted by Gasteiger charge is -2.46. The van der Waals surface area contributed by atoms with Gasteiger partial charge in [-0.15, -0.1) is 0 Å². The van der Waals surface area contributed by atoms with Gasteiger partial charge < -0.3 is 15.8 Å². The maximum Gasteiger partial charge on any atom is 0.315 e. The molecular weight excluding hydrogens is 435 g/mol. The molecule has 0 unspecified atom stereocenters. The molecule has 31 heavy (non-hydrogen) atoms. The zero-order valence-electron chi connectivity index (χ0n) is 16.6. The third kappa shape index (κ3) is 3.65. The molecule has 11 heteroatoms. The van der Waals surface area contributed by atoms with Crippen LogP contribution in [0.25, 0.3) is 0 Å². The number of ether oxygens (including phenoxy) is 1. The van der Waals surface area contributed by atoms with Gasteiger partial charge in [0.25, 0.3) is 11.9 Å². The van der Waals surface area contributed by atoms with E-state index in [1.54, 1.807) is 0 Å². The number of nitrogens with one attached hydrogen (secondary N) is 1. The van der Waals surface area contributed by atoms with Crippen molar-refractivity contribution in [3.63, 3.8) is 0 Å². The molecule has 0 saturated carbocycles. The van der Waals surface area contributed by atoms with Crippen molar-refractivity contribution in [1.29, 1.82) is 5.26 Å². The average molecular weight is 452 g/mol. The molecule has 0 spiro atoms. The number of pyridine rings is 1. The number of amidine groups is 1. The van der Waals surface area contributed by atoms with Gasteiger partial charge in [-0.1, -0.05) is 11.6 Å². The van der Waals surface area contributed by atoms with Crippen LogP contribution in [0.1, 0.15) is 42.4 Å². The van der Waals surface area contributed by atoms with Crippen LogP contribution in [-0.2, 0) is 10.3 Å². The van der Waals surface area contributed by atoms with Crippen LogP contribution in [0.4, 0.5) is 18.9 Å². The van der Waals surface area contributed by atoms with E-state index in [1.807, 2.05) is 6.07 Å². The van der Waals surface area contributed by atoms with E-state index in [2.05, 4.69) is 15.3 Å². The van der Waals surface area contributed by atoms with E-state index in [1.165, 1.54) is 12.1 Å². The van der Waals surface area contributed by atoms with Crippen molar-refractivity contribution in [3.8, 4) is 6.07 Å². The summed E-state index contributed by atoms with van der Waals surface area (Å²) in [7, 11) is 0. The minimum absolute atomic E-state index is 0.00118. The van der Waals surface area contributed by atoms with Gasteiger partial charge in [0.2, 0.25) is 0 Å². The maximum absolute atomic E-state index is 15.3. The van der Waals surface area contributed by atoms with Crippen molar-refractivity contribution in [1.82, 2.24) is 4.98 Å². The predicted molar refractivity (Wildman–Crippen MR) is 107 cm³/mol. The molecule has 0 radical (unpaired) electrons. The van der Waals surface area contributed by atoms with Gasteiger partial charge in [-0.05, 0) is 45.0 Å². The number of aliphatic imine (C=N–C) groups is 1. The van der Waals surface area contributed by atoms with Gasteiger partial charge in [0, 0.05) is 17.4 Å². The highest BCUT2D eigenvalue weighted by Crippen LogP contribution is 2.51. The molecule has 0 aliphatic carbocycles. The van der Waals surface area contributed by atoms with Crippen LogP contribution in [0.5, 0.6) is 0 Å². The van der Waals surface area contributed by atoms with Gasteiger partial charge in [-0.25, -0.2) is 14.4 Å². The number of carbonyl (C=O) groups is 1. The van der Waals surface area contributed by atoms with Gasteiger partial charge >= 0.3 is 5.92 Å². The van der Waals surface area contributed by atoms with Gasteiger partial charge in [0.15, 0.2) is 11.1 Å². The molecule has 1 amide bonds.